The second-order valence-electron chi connectivity index (χ2n) is 9.94. The summed E-state index contributed by atoms with van der Waals surface area (Å²) >= 11 is 0. The molecule has 0 unspecified atom stereocenters. The maximum absolute atomic E-state index is 12.8. The minimum Gasteiger partial charge on any atom is -0.508 e. The predicted molar refractivity (Wildman–Crippen MR) is 137 cm³/mol. The van der Waals surface area contributed by atoms with Gasteiger partial charge in [0.1, 0.15) is 70.6 Å². The molecule has 41 heavy (non-hydrogen) atoms. The van der Waals surface area contributed by atoms with Gasteiger partial charge in [0.15, 0.2) is 17.8 Å². The van der Waals surface area contributed by atoms with E-state index in [4.69, 9.17) is 23.4 Å². The predicted octanol–water partition coefficient (Wildman–Crippen LogP) is -1.10. The van der Waals surface area contributed by atoms with Crippen LogP contribution in [0.5, 0.6) is 17.2 Å². The Labute approximate surface area is 231 Å². The number of ether oxygens (including phenoxy) is 4. The summed E-state index contributed by atoms with van der Waals surface area (Å²) in [5, 5.41) is 81.4. The first-order chi connectivity index (χ1) is 19.5. The van der Waals surface area contributed by atoms with Crippen molar-refractivity contribution in [3.05, 3.63) is 52.7 Å². The van der Waals surface area contributed by atoms with Gasteiger partial charge in [-0.15, -0.1) is 0 Å². The monoisotopic (exact) mass is 578 g/mol. The zero-order chi connectivity index (χ0) is 29.6. The molecular formula is C27H30O14. The second-order valence-corrected chi connectivity index (χ2v) is 9.94. The largest absolute Gasteiger partial charge is 0.508 e. The summed E-state index contributed by atoms with van der Waals surface area (Å²) in [4.78, 5) is 12.8. The summed E-state index contributed by atoms with van der Waals surface area (Å²) < 4.78 is 28.4. The molecule has 0 bridgehead atoms. The van der Waals surface area contributed by atoms with E-state index in [1.807, 2.05) is 0 Å². The van der Waals surface area contributed by atoms with E-state index in [1.54, 1.807) is 0 Å². The van der Waals surface area contributed by atoms with Gasteiger partial charge in [-0.1, -0.05) is 0 Å². The fourth-order valence-corrected chi connectivity index (χ4v) is 4.79. The molecule has 10 atom stereocenters. The summed E-state index contributed by atoms with van der Waals surface area (Å²) in [6.45, 7) is 0.704. The molecule has 2 aromatic carbocycles. The van der Waals surface area contributed by atoms with Gasteiger partial charge in [-0.2, -0.15) is 0 Å². The molecule has 2 saturated heterocycles. The van der Waals surface area contributed by atoms with E-state index in [-0.39, 0.29) is 28.2 Å². The molecule has 0 spiro atoms. The summed E-state index contributed by atoms with van der Waals surface area (Å²) in [6.07, 6.45) is -15.3. The number of aliphatic hydroxyl groups excluding tert-OH is 6. The Morgan fingerprint density at radius 1 is 0.829 bits per heavy atom. The topological polar surface area (TPSA) is 229 Å². The first kappa shape index (κ1) is 29.2. The van der Waals surface area contributed by atoms with Crippen LogP contribution < -0.4 is 10.2 Å². The van der Waals surface area contributed by atoms with E-state index in [2.05, 4.69) is 0 Å². The van der Waals surface area contributed by atoms with Crippen LogP contribution in [0.1, 0.15) is 6.92 Å². The van der Waals surface area contributed by atoms with Gasteiger partial charge in [-0.3, -0.25) is 4.79 Å². The molecule has 222 valence electrons. The number of hydrogen-bond donors (Lipinski definition) is 8. The first-order valence-electron chi connectivity index (χ1n) is 12.7. The Bertz CT molecular complexity index is 1420. The van der Waals surface area contributed by atoms with Crippen molar-refractivity contribution in [3.63, 3.8) is 0 Å². The molecule has 2 fully saturated rings. The van der Waals surface area contributed by atoms with Crippen molar-refractivity contribution in [3.8, 4) is 28.6 Å². The van der Waals surface area contributed by atoms with E-state index in [0.717, 1.165) is 6.07 Å². The lowest BCUT2D eigenvalue weighted by molar-refractivity contribution is -0.354. The highest BCUT2D eigenvalue weighted by Gasteiger charge is 2.50. The molecular weight excluding hydrogens is 548 g/mol. The SMILES string of the molecule is C[C@@H]1O[C@@H](O[C@H]2[C@H](Oc3cc(O)c4c(=O)cc(-c5ccc(O)cc5)oc4c3)O[C@@H](CO)[C@@H](O)[C@H]2O)[C@H](O)[C@@H](O)[C@H]1O. The minimum absolute atomic E-state index is 0.00857. The number of benzene rings is 2. The van der Waals surface area contributed by atoms with E-state index in [0.29, 0.717) is 5.56 Å². The number of aromatic hydroxyl groups is 2. The third-order valence-corrected chi connectivity index (χ3v) is 7.11. The van der Waals surface area contributed by atoms with Crippen molar-refractivity contribution in [2.75, 3.05) is 6.61 Å². The lowest BCUT2D eigenvalue weighted by Crippen LogP contribution is -2.64. The molecule has 5 rings (SSSR count). The van der Waals surface area contributed by atoms with Crippen molar-refractivity contribution in [2.24, 2.45) is 0 Å². The Hall–Kier alpha value is -3.31. The fraction of sp³-hybridized carbons (Fsp3) is 0.444. The van der Waals surface area contributed by atoms with Gasteiger partial charge >= 0.3 is 0 Å². The number of rotatable bonds is 6. The van der Waals surface area contributed by atoms with Crippen molar-refractivity contribution in [2.45, 2.75) is 68.3 Å². The number of aliphatic hydroxyl groups is 6. The maximum Gasteiger partial charge on any atom is 0.229 e. The smallest absolute Gasteiger partial charge is 0.229 e. The Morgan fingerprint density at radius 2 is 1.54 bits per heavy atom. The molecule has 0 amide bonds. The quantitative estimate of drug-likeness (QED) is 0.174. The average Bonchev–Trinajstić information content (AvgIpc) is 2.94. The summed E-state index contributed by atoms with van der Waals surface area (Å²) in [5.74, 6) is -0.498. The molecule has 14 heteroatoms. The lowest BCUT2D eigenvalue weighted by Gasteiger charge is -2.45. The second kappa shape index (κ2) is 11.5. The van der Waals surface area contributed by atoms with Crippen molar-refractivity contribution in [1.29, 1.82) is 0 Å². The van der Waals surface area contributed by atoms with Crippen molar-refractivity contribution < 1.29 is 64.2 Å². The van der Waals surface area contributed by atoms with Crippen LogP contribution >= 0.6 is 0 Å². The normalized spacial score (nSPS) is 34.0. The summed E-state index contributed by atoms with van der Waals surface area (Å²) in [7, 11) is 0. The summed E-state index contributed by atoms with van der Waals surface area (Å²) in [6, 6.07) is 9.38. The highest BCUT2D eigenvalue weighted by molar-refractivity contribution is 5.86. The Kier molecular flexibility index (Phi) is 8.20. The maximum atomic E-state index is 12.8. The van der Waals surface area contributed by atoms with Gasteiger partial charge in [-0.25, -0.2) is 0 Å². The average molecular weight is 579 g/mol. The minimum atomic E-state index is -1.76. The summed E-state index contributed by atoms with van der Waals surface area (Å²) in [5.41, 5.74) is -0.182. The van der Waals surface area contributed by atoms with Gasteiger partial charge in [-0.05, 0) is 31.2 Å². The van der Waals surface area contributed by atoms with E-state index >= 15 is 0 Å². The number of phenolic OH excluding ortho intramolecular Hbond substituents is 2. The third-order valence-electron chi connectivity index (χ3n) is 7.11. The molecule has 1 aromatic heterocycles. The van der Waals surface area contributed by atoms with Crippen LogP contribution in [0.4, 0.5) is 0 Å². The molecule has 14 nitrogen and oxygen atoms in total. The zero-order valence-corrected chi connectivity index (χ0v) is 21.5. The standard InChI is InChI=1S/C27H30O14/c1-10-20(32)22(34)24(36)26(37-10)41-25-23(35)21(33)18(9-28)40-27(25)38-13-6-14(30)19-15(31)8-16(39-17(19)7-13)11-2-4-12(29)5-3-11/h2-8,10,18,20-30,32-36H,9H2,1H3/t10-,18-,20-,21+,22-,23+,24+,25+,26-,27+/m0/s1. The van der Waals surface area contributed by atoms with Crippen LogP contribution in [0.25, 0.3) is 22.3 Å². The van der Waals surface area contributed by atoms with E-state index in [1.165, 1.54) is 43.3 Å². The molecule has 8 N–H and O–H groups in total. The number of phenols is 2. The van der Waals surface area contributed by atoms with Gasteiger partial charge in [0, 0.05) is 23.8 Å². The Balaban J connectivity index is 1.47. The molecule has 0 aliphatic carbocycles. The van der Waals surface area contributed by atoms with Gasteiger partial charge in [0.2, 0.25) is 6.29 Å². The fourth-order valence-electron chi connectivity index (χ4n) is 4.79. The Morgan fingerprint density at radius 3 is 2.22 bits per heavy atom. The third kappa shape index (κ3) is 5.61. The molecule has 0 saturated carbocycles. The van der Waals surface area contributed by atoms with Crippen LogP contribution in [-0.2, 0) is 14.2 Å². The molecule has 2 aliphatic rings. The van der Waals surface area contributed by atoms with Crippen LogP contribution in [-0.4, -0.2) is 109 Å². The van der Waals surface area contributed by atoms with Gasteiger partial charge in [0.25, 0.3) is 0 Å². The number of hydrogen-bond acceptors (Lipinski definition) is 14. The van der Waals surface area contributed by atoms with Crippen LogP contribution in [0, 0.1) is 0 Å². The van der Waals surface area contributed by atoms with E-state index < -0.39 is 79.2 Å². The van der Waals surface area contributed by atoms with Crippen LogP contribution in [0.15, 0.2) is 51.7 Å². The number of fused-ring (bicyclic) bond motifs is 1. The molecule has 3 heterocycles. The van der Waals surface area contributed by atoms with Crippen LogP contribution in [0.3, 0.4) is 0 Å². The first-order valence-corrected chi connectivity index (χ1v) is 12.7. The molecule has 3 aromatic rings. The van der Waals surface area contributed by atoms with Crippen molar-refractivity contribution in [1.82, 2.24) is 0 Å². The highest BCUT2D eigenvalue weighted by atomic mass is 16.8. The zero-order valence-electron chi connectivity index (χ0n) is 21.5. The molecule has 2 aliphatic heterocycles. The molecule has 0 radical (unpaired) electrons. The lowest BCUT2D eigenvalue weighted by atomic mass is 9.97. The van der Waals surface area contributed by atoms with Gasteiger partial charge < -0.3 is 64.2 Å². The van der Waals surface area contributed by atoms with Gasteiger partial charge in [0.05, 0.1) is 12.7 Å². The van der Waals surface area contributed by atoms with Crippen molar-refractivity contribution >= 4 is 11.0 Å². The van der Waals surface area contributed by atoms with E-state index in [9.17, 15) is 45.6 Å². The highest BCUT2D eigenvalue weighted by Crippen LogP contribution is 2.35. The van der Waals surface area contributed by atoms with Crippen LogP contribution in [0.2, 0.25) is 0 Å².